The Balaban J connectivity index is 1.41. The summed E-state index contributed by atoms with van der Waals surface area (Å²) in [5.74, 6) is -0.907. The molecule has 4 heterocycles. The summed E-state index contributed by atoms with van der Waals surface area (Å²) < 4.78 is 46.7. The first-order chi connectivity index (χ1) is 22.6. The minimum Gasteiger partial charge on any atom is -0.494 e. The molecule has 3 aromatic heterocycles. The lowest BCUT2D eigenvalue weighted by Crippen LogP contribution is -2.26. The van der Waals surface area contributed by atoms with Gasteiger partial charge < -0.3 is 19.7 Å². The lowest BCUT2D eigenvalue weighted by Gasteiger charge is -2.17. The standard InChI is InChI=1S/C36H33F3N4O4/c1-3-47-35(46)30-27(15-8-22-6-13-26(14-7-22)36(37,38)39)42-32-28-5-4-20-43(28)34(45)31(32)29(30)24-9-11-25(12-10-24)33(44)41-21(2)23-16-18-40-19-17-23/h6-7,9-14,16-19,21,45H,3-5,8,15,20H2,1-2H3,(H,41,44)/t21-/m1/s1. The monoisotopic (exact) mass is 642 g/mol. The number of rotatable bonds is 9. The van der Waals surface area contributed by atoms with E-state index >= 15 is 0 Å². The molecule has 0 spiro atoms. The summed E-state index contributed by atoms with van der Waals surface area (Å²) in [5.41, 5.74) is 4.25. The van der Waals surface area contributed by atoms with E-state index in [1.807, 2.05) is 19.1 Å². The first-order valence-corrected chi connectivity index (χ1v) is 15.5. The number of fused-ring (bicyclic) bond motifs is 3. The number of hydrogen-bond donors (Lipinski definition) is 2. The fourth-order valence-electron chi connectivity index (χ4n) is 6.17. The Morgan fingerprint density at radius 1 is 1.02 bits per heavy atom. The van der Waals surface area contributed by atoms with E-state index in [-0.39, 0.29) is 36.4 Å². The molecule has 0 radical (unpaired) electrons. The Kier molecular flexibility index (Phi) is 8.72. The predicted molar refractivity (Wildman–Crippen MR) is 170 cm³/mol. The Morgan fingerprint density at radius 2 is 1.72 bits per heavy atom. The molecule has 242 valence electrons. The largest absolute Gasteiger partial charge is 0.494 e. The quantitative estimate of drug-likeness (QED) is 0.165. The number of aromatic hydroxyl groups is 1. The van der Waals surface area contributed by atoms with Gasteiger partial charge in [-0.3, -0.25) is 9.78 Å². The average molecular weight is 643 g/mol. The summed E-state index contributed by atoms with van der Waals surface area (Å²) in [6.07, 6.45) is 0.958. The normalized spacial score (nSPS) is 13.4. The SMILES string of the molecule is CCOC(=O)c1c(CCc2ccc(C(F)(F)F)cc2)nc2c3n(c(O)c2c1-c1ccc(C(=O)N[C@H](C)c2ccncc2)cc1)CCC3. The number of aryl methyl sites for hydroxylation is 3. The van der Waals surface area contributed by atoms with Gasteiger partial charge in [0.1, 0.15) is 0 Å². The second kappa shape index (κ2) is 12.9. The van der Waals surface area contributed by atoms with E-state index in [2.05, 4.69) is 10.3 Å². The molecule has 47 heavy (non-hydrogen) atoms. The van der Waals surface area contributed by atoms with Crippen LogP contribution in [0.5, 0.6) is 5.88 Å². The number of nitrogens with zero attached hydrogens (tertiary/aromatic N) is 3. The van der Waals surface area contributed by atoms with Crippen LogP contribution in [-0.2, 0) is 36.7 Å². The molecule has 1 aliphatic heterocycles. The maximum absolute atomic E-state index is 13.6. The van der Waals surface area contributed by atoms with Gasteiger partial charge in [-0.15, -0.1) is 0 Å². The zero-order valence-electron chi connectivity index (χ0n) is 25.9. The number of benzene rings is 2. The molecule has 0 fully saturated rings. The molecule has 0 aliphatic carbocycles. The molecule has 8 nitrogen and oxygen atoms in total. The third kappa shape index (κ3) is 6.30. The predicted octanol–water partition coefficient (Wildman–Crippen LogP) is 7.22. The van der Waals surface area contributed by atoms with E-state index in [1.54, 1.807) is 48.1 Å². The summed E-state index contributed by atoms with van der Waals surface area (Å²) >= 11 is 0. The van der Waals surface area contributed by atoms with E-state index in [9.17, 15) is 27.9 Å². The molecular weight excluding hydrogens is 609 g/mol. The van der Waals surface area contributed by atoms with Gasteiger partial charge in [-0.2, -0.15) is 13.2 Å². The van der Waals surface area contributed by atoms with Gasteiger partial charge in [0.2, 0.25) is 5.88 Å². The van der Waals surface area contributed by atoms with Gasteiger partial charge >= 0.3 is 12.1 Å². The minimum atomic E-state index is -4.44. The summed E-state index contributed by atoms with van der Waals surface area (Å²) in [6, 6.07) is 15.1. The number of carbonyl (C=O) groups is 2. The summed E-state index contributed by atoms with van der Waals surface area (Å²) in [5, 5.41) is 14.8. The molecule has 0 saturated heterocycles. The van der Waals surface area contributed by atoms with E-state index in [1.165, 1.54) is 12.1 Å². The third-order valence-electron chi connectivity index (χ3n) is 8.55. The van der Waals surface area contributed by atoms with Crippen molar-refractivity contribution in [1.82, 2.24) is 19.9 Å². The Labute approximate surface area is 269 Å². The Morgan fingerprint density at radius 3 is 2.38 bits per heavy atom. The number of alkyl halides is 3. The van der Waals surface area contributed by atoms with Crippen molar-refractivity contribution in [1.29, 1.82) is 0 Å². The van der Waals surface area contributed by atoms with Gasteiger partial charge in [0.15, 0.2) is 0 Å². The fourth-order valence-corrected chi connectivity index (χ4v) is 6.17. The number of ether oxygens (including phenoxy) is 1. The number of carbonyl (C=O) groups excluding carboxylic acids is 2. The topological polar surface area (TPSA) is 106 Å². The Bertz CT molecular complexity index is 1940. The van der Waals surface area contributed by atoms with Crippen LogP contribution in [-0.4, -0.2) is 38.1 Å². The summed E-state index contributed by atoms with van der Waals surface area (Å²) in [6.45, 7) is 4.27. The Hall–Kier alpha value is -5.19. The van der Waals surface area contributed by atoms with E-state index in [0.717, 1.165) is 29.8 Å². The van der Waals surface area contributed by atoms with Crippen molar-refractivity contribution in [2.45, 2.75) is 58.3 Å². The number of aromatic nitrogens is 3. The molecule has 1 amide bonds. The minimum absolute atomic E-state index is 0.00262. The van der Waals surface area contributed by atoms with Crippen LogP contribution in [0.4, 0.5) is 13.2 Å². The number of nitrogens with one attached hydrogen (secondary N) is 1. The molecule has 11 heteroatoms. The number of pyridine rings is 2. The van der Waals surface area contributed by atoms with Crippen molar-refractivity contribution < 1.29 is 32.6 Å². The van der Waals surface area contributed by atoms with Crippen LogP contribution in [0.25, 0.3) is 22.0 Å². The lowest BCUT2D eigenvalue weighted by molar-refractivity contribution is -0.137. The first kappa shape index (κ1) is 31.8. The van der Waals surface area contributed by atoms with Crippen LogP contribution in [0, 0.1) is 0 Å². The highest BCUT2D eigenvalue weighted by molar-refractivity contribution is 6.11. The molecular formula is C36H33F3N4O4. The second-order valence-corrected chi connectivity index (χ2v) is 11.5. The van der Waals surface area contributed by atoms with Crippen LogP contribution in [0.15, 0.2) is 73.1 Å². The molecule has 0 unspecified atom stereocenters. The molecule has 0 saturated carbocycles. The zero-order chi connectivity index (χ0) is 33.3. The highest BCUT2D eigenvalue weighted by atomic mass is 19.4. The molecule has 5 aromatic rings. The lowest BCUT2D eigenvalue weighted by atomic mass is 9.92. The van der Waals surface area contributed by atoms with Crippen LogP contribution >= 0.6 is 0 Å². The number of halogens is 3. The van der Waals surface area contributed by atoms with E-state index < -0.39 is 17.7 Å². The van der Waals surface area contributed by atoms with Crippen LogP contribution in [0.3, 0.4) is 0 Å². The smallest absolute Gasteiger partial charge is 0.416 e. The first-order valence-electron chi connectivity index (χ1n) is 15.5. The molecule has 6 rings (SSSR count). The zero-order valence-corrected chi connectivity index (χ0v) is 25.9. The van der Waals surface area contributed by atoms with Gasteiger partial charge in [-0.05, 0) is 92.6 Å². The van der Waals surface area contributed by atoms with Gasteiger partial charge in [0, 0.05) is 35.8 Å². The van der Waals surface area contributed by atoms with Gasteiger partial charge in [-0.25, -0.2) is 9.78 Å². The van der Waals surface area contributed by atoms with E-state index in [0.29, 0.717) is 58.2 Å². The van der Waals surface area contributed by atoms with Crippen molar-refractivity contribution in [2.24, 2.45) is 0 Å². The van der Waals surface area contributed by atoms with Gasteiger partial charge in [0.05, 0.1) is 40.4 Å². The molecule has 2 N–H and O–H groups in total. The maximum atomic E-state index is 13.6. The van der Waals surface area contributed by atoms with Crippen molar-refractivity contribution in [3.05, 3.63) is 112 Å². The second-order valence-electron chi connectivity index (χ2n) is 11.5. The van der Waals surface area contributed by atoms with Crippen LogP contribution in [0.1, 0.15) is 75.1 Å². The van der Waals surface area contributed by atoms with Crippen molar-refractivity contribution >= 4 is 22.8 Å². The molecule has 1 atom stereocenters. The van der Waals surface area contributed by atoms with Crippen LogP contribution in [0.2, 0.25) is 0 Å². The molecule has 2 aromatic carbocycles. The molecule has 1 aliphatic rings. The summed E-state index contributed by atoms with van der Waals surface area (Å²) in [7, 11) is 0. The molecule has 0 bridgehead atoms. The summed E-state index contributed by atoms with van der Waals surface area (Å²) in [4.78, 5) is 35.7. The van der Waals surface area contributed by atoms with Crippen molar-refractivity contribution in [3.8, 4) is 17.0 Å². The van der Waals surface area contributed by atoms with Gasteiger partial charge in [0.25, 0.3) is 5.91 Å². The number of amides is 1. The highest BCUT2D eigenvalue weighted by Gasteiger charge is 2.32. The highest BCUT2D eigenvalue weighted by Crippen LogP contribution is 2.44. The van der Waals surface area contributed by atoms with Gasteiger partial charge in [-0.1, -0.05) is 24.3 Å². The average Bonchev–Trinajstić information content (AvgIpc) is 3.66. The van der Waals surface area contributed by atoms with Crippen LogP contribution < -0.4 is 5.32 Å². The maximum Gasteiger partial charge on any atom is 0.416 e. The van der Waals surface area contributed by atoms with Crippen molar-refractivity contribution in [2.75, 3.05) is 6.61 Å². The van der Waals surface area contributed by atoms with Crippen molar-refractivity contribution in [3.63, 3.8) is 0 Å². The number of hydrogen-bond acceptors (Lipinski definition) is 6. The third-order valence-corrected chi connectivity index (χ3v) is 8.55. The fraction of sp³-hybridized carbons (Fsp3) is 0.278. The van der Waals surface area contributed by atoms with E-state index in [4.69, 9.17) is 9.72 Å². The number of esters is 1.